The van der Waals surface area contributed by atoms with Crippen molar-refractivity contribution < 1.29 is 23.1 Å². The Bertz CT molecular complexity index is 2570. The molecule has 8 aromatic carbocycles. The van der Waals surface area contributed by atoms with Crippen molar-refractivity contribution in [2.24, 2.45) is 4.99 Å². The molecule has 0 unspecified atom stereocenters. The number of aliphatic hydroxyl groups is 1. The van der Waals surface area contributed by atoms with Gasteiger partial charge in [-0.2, -0.15) is 0 Å². The molecule has 0 atom stereocenters. The van der Waals surface area contributed by atoms with Gasteiger partial charge in [0.15, 0.2) is 0 Å². The summed E-state index contributed by atoms with van der Waals surface area (Å²) in [6, 6.07) is 71.2. The van der Waals surface area contributed by atoms with Crippen LogP contribution < -0.4 is 0 Å². The zero-order valence-electron chi connectivity index (χ0n) is 31.7. The third-order valence-electron chi connectivity index (χ3n) is 9.69. The van der Waals surface area contributed by atoms with E-state index < -0.39 is 0 Å². The maximum absolute atomic E-state index is 12.4. The predicted molar refractivity (Wildman–Crippen MR) is 248 cm³/mol. The van der Waals surface area contributed by atoms with E-state index in [1.807, 2.05) is 73.7 Å². The third kappa shape index (κ3) is 10.2. The number of halogens is 2. The van der Waals surface area contributed by atoms with Gasteiger partial charge in [0, 0.05) is 28.5 Å². The van der Waals surface area contributed by atoms with Gasteiger partial charge in [-0.1, -0.05) is 182 Å². The van der Waals surface area contributed by atoms with Crippen LogP contribution in [0.2, 0.25) is 0 Å². The summed E-state index contributed by atoms with van der Waals surface area (Å²) in [5, 5.41) is 12.4. The van der Waals surface area contributed by atoms with Crippen molar-refractivity contribution in [1.29, 1.82) is 0 Å². The van der Waals surface area contributed by atoms with Gasteiger partial charge >= 0.3 is 45.9 Å². The second-order valence-electron chi connectivity index (χ2n) is 13.5. The van der Waals surface area contributed by atoms with Crippen molar-refractivity contribution in [3.63, 3.8) is 0 Å². The zero-order valence-corrected chi connectivity index (χ0v) is 36.9. The quantitative estimate of drug-likeness (QED) is 0.113. The van der Waals surface area contributed by atoms with E-state index in [2.05, 4.69) is 146 Å². The van der Waals surface area contributed by atoms with Gasteiger partial charge in [-0.3, -0.25) is 4.99 Å². The molecule has 0 spiro atoms. The number of nitrogens with zero attached hydrogens (tertiary/aromatic N) is 1. The number of hydrogen-bond acceptors (Lipinski definition) is 2. The van der Waals surface area contributed by atoms with Crippen molar-refractivity contribution in [1.82, 2.24) is 0 Å². The van der Waals surface area contributed by atoms with Gasteiger partial charge in [0.05, 0.1) is 5.69 Å². The van der Waals surface area contributed by atoms with Gasteiger partial charge in [0.25, 0.3) is 0 Å². The van der Waals surface area contributed by atoms with Gasteiger partial charge in [-0.15, -0.1) is 0 Å². The molecule has 0 fully saturated rings. The SMILES string of the molecule is CC(/C=C(\O)c1c(-c2ccccc2)cc(-c2ccccc2)cc1-c1ccccc1)=Nc1c(-c2ccccc2)cc(-c2ccccc2)cc1-c1ccccc1.Cl[S](Cl)=[W]. The molecule has 0 bridgehead atoms. The fourth-order valence-corrected chi connectivity index (χ4v) is 7.11. The minimum atomic E-state index is -0.333. The summed E-state index contributed by atoms with van der Waals surface area (Å²) in [5.74, 6) is 0.150. The van der Waals surface area contributed by atoms with Gasteiger partial charge in [-0.25, -0.2) is 0 Å². The van der Waals surface area contributed by atoms with E-state index in [0.29, 0.717) is 5.71 Å². The Hall–Kier alpha value is -5.41. The van der Waals surface area contributed by atoms with Crippen molar-refractivity contribution >= 4 is 45.0 Å². The molecule has 0 amide bonds. The van der Waals surface area contributed by atoms with E-state index in [1.54, 1.807) is 0 Å². The molecule has 0 aromatic heterocycles. The Labute approximate surface area is 362 Å². The Morgan fingerprint density at radius 1 is 0.448 bits per heavy atom. The first-order valence-electron chi connectivity index (χ1n) is 18.7. The van der Waals surface area contributed by atoms with Crippen molar-refractivity contribution in [2.75, 3.05) is 0 Å². The fraction of sp³-hybridized carbons (Fsp3) is 0.0192. The fourth-order valence-electron chi connectivity index (χ4n) is 7.11. The number of allylic oxidation sites excluding steroid dienone is 1. The van der Waals surface area contributed by atoms with E-state index in [1.165, 1.54) is 18.0 Å². The molecule has 0 saturated carbocycles. The molecular formula is C52H39Cl2NOSW. The molecule has 2 nitrogen and oxygen atoms in total. The first-order chi connectivity index (χ1) is 28.4. The molecule has 0 radical (unpaired) electrons. The number of aliphatic imine (C=N–C) groups is 1. The average Bonchev–Trinajstić information content (AvgIpc) is 3.27. The summed E-state index contributed by atoms with van der Waals surface area (Å²) in [6.07, 6.45) is 1.81. The second-order valence-corrected chi connectivity index (χ2v) is 24.2. The summed E-state index contributed by atoms with van der Waals surface area (Å²) in [5.41, 5.74) is 14.8. The standard InChI is InChI=1S/C52H39NO.Cl2S.W/c1-37(53-52-48(42-28-16-6-17-29-42)35-45(39-22-10-3-11-23-39)36-49(52)43-30-18-7-19-31-43)32-50(54)51-46(40-24-12-4-13-25-40)33-44(38-20-8-2-9-21-38)34-47(51)41-26-14-5-15-27-41;1-3-2;/h2-36,54H,1H3;;/b50-32-,53-37?;;. The van der Waals surface area contributed by atoms with Crippen LogP contribution in [0.5, 0.6) is 0 Å². The van der Waals surface area contributed by atoms with Crippen LogP contribution in [-0.2, 0) is 18.0 Å². The monoisotopic (exact) mass is 979 g/mol. The van der Waals surface area contributed by atoms with Crippen LogP contribution in [0.3, 0.4) is 0 Å². The number of benzene rings is 8. The van der Waals surface area contributed by atoms with Gasteiger partial charge in [-0.05, 0) is 86.8 Å². The average molecular weight is 981 g/mol. The van der Waals surface area contributed by atoms with Crippen LogP contribution in [0, 0.1) is 0 Å². The Kier molecular flexibility index (Phi) is 13.9. The molecule has 0 aliphatic rings. The van der Waals surface area contributed by atoms with Crippen LogP contribution in [0.1, 0.15) is 12.5 Å². The molecule has 284 valence electrons. The predicted octanol–water partition coefficient (Wildman–Crippen LogP) is 16.4. The number of rotatable bonds is 9. The third-order valence-corrected chi connectivity index (χ3v) is 9.69. The normalized spacial score (nSPS) is 11.5. The van der Waals surface area contributed by atoms with Crippen LogP contribution in [-0.4, -0.2) is 10.8 Å². The summed E-state index contributed by atoms with van der Waals surface area (Å²) in [6.45, 7) is 1.63. The van der Waals surface area contributed by atoms with Crippen LogP contribution in [0.4, 0.5) is 5.69 Å². The summed E-state index contributed by atoms with van der Waals surface area (Å²) >= 11 is 1.23. The van der Waals surface area contributed by atoms with Gasteiger partial charge < -0.3 is 5.11 Å². The van der Waals surface area contributed by atoms with Crippen molar-refractivity contribution in [3.05, 3.63) is 218 Å². The first kappa shape index (κ1) is 40.8. The summed E-state index contributed by atoms with van der Waals surface area (Å²) in [7, 11) is 10.2. The minimum absolute atomic E-state index is 0.150. The molecule has 0 saturated heterocycles. The second kappa shape index (κ2) is 19.8. The molecule has 0 heterocycles. The van der Waals surface area contributed by atoms with E-state index in [-0.39, 0.29) is 12.3 Å². The Morgan fingerprint density at radius 2 is 0.707 bits per heavy atom. The van der Waals surface area contributed by atoms with E-state index in [4.69, 9.17) is 26.4 Å². The molecule has 58 heavy (non-hydrogen) atoms. The summed E-state index contributed by atoms with van der Waals surface area (Å²) < 4.78 is 0. The molecule has 1 N–H and O–H groups in total. The van der Waals surface area contributed by atoms with E-state index in [9.17, 15) is 5.11 Å². The van der Waals surface area contributed by atoms with Crippen LogP contribution >= 0.6 is 27.9 Å². The zero-order chi connectivity index (χ0) is 40.3. The molecule has 0 aliphatic carbocycles. The molecule has 8 rings (SSSR count). The number of hydrogen-bond donors (Lipinski definition) is 1. The molecule has 6 heteroatoms. The maximum atomic E-state index is 12.4. The van der Waals surface area contributed by atoms with Gasteiger partial charge in [0.1, 0.15) is 5.76 Å². The van der Waals surface area contributed by atoms with E-state index in [0.717, 1.165) is 78.0 Å². The molecule has 8 aromatic rings. The van der Waals surface area contributed by atoms with Crippen molar-refractivity contribution in [2.45, 2.75) is 6.92 Å². The topological polar surface area (TPSA) is 32.6 Å². The van der Waals surface area contributed by atoms with Crippen molar-refractivity contribution in [3.8, 4) is 66.8 Å². The Balaban J connectivity index is 0.00000122. The number of aliphatic hydroxyl groups excluding tert-OH is 1. The van der Waals surface area contributed by atoms with E-state index >= 15 is 0 Å². The summed E-state index contributed by atoms with van der Waals surface area (Å²) in [4.78, 5) is 5.36. The Morgan fingerprint density at radius 3 is 1.02 bits per heavy atom. The molecule has 0 aliphatic heterocycles. The van der Waals surface area contributed by atoms with Crippen LogP contribution in [0.25, 0.3) is 72.5 Å². The first-order valence-corrected chi connectivity index (χ1v) is 25.1. The van der Waals surface area contributed by atoms with Crippen LogP contribution in [0.15, 0.2) is 217 Å². The molecular weight excluding hydrogens is 941 g/mol. The van der Waals surface area contributed by atoms with Gasteiger partial charge in [0.2, 0.25) is 0 Å².